The number of amides is 1. The molecule has 33 heavy (non-hydrogen) atoms. The number of nitrogens with zero attached hydrogens (tertiary/aromatic N) is 2. The van der Waals surface area contributed by atoms with Crippen molar-refractivity contribution in [3.63, 3.8) is 0 Å². The predicted molar refractivity (Wildman–Crippen MR) is 126 cm³/mol. The maximum absolute atomic E-state index is 12.9. The standard InChI is InChI=1S/C23H29N3O6S/c1-4-20(18-10-9-16-7-5-6-8-17(16)13-18)24-23(27)15-25(33(3,30)31)21-14-19(26(28)29)11-12-22(21)32-2/h9-14,20H,4-8,15H2,1-3H3,(H,24,27). The second-order valence-corrected chi connectivity index (χ2v) is 10.1. The number of benzene rings is 2. The Bertz CT molecular complexity index is 1150. The number of nitro benzene ring substituents is 1. The molecule has 1 N–H and O–H groups in total. The van der Waals surface area contributed by atoms with Gasteiger partial charge in [0, 0.05) is 12.1 Å². The highest BCUT2D eigenvalue weighted by molar-refractivity contribution is 7.92. The van der Waals surface area contributed by atoms with E-state index < -0.39 is 27.4 Å². The fraction of sp³-hybridized carbons (Fsp3) is 0.435. The number of sulfonamides is 1. The molecule has 0 aromatic heterocycles. The monoisotopic (exact) mass is 475 g/mol. The highest BCUT2D eigenvalue weighted by atomic mass is 32.2. The SMILES string of the molecule is CCC(NC(=O)CN(c1cc([N+](=O)[O-])ccc1OC)S(C)(=O)=O)c1ccc2c(c1)CCCC2. The number of carbonyl (C=O) groups excluding carboxylic acids is 1. The van der Waals surface area contributed by atoms with Crippen molar-refractivity contribution in [2.75, 3.05) is 24.2 Å². The Morgan fingerprint density at radius 1 is 1.18 bits per heavy atom. The van der Waals surface area contributed by atoms with E-state index in [1.807, 2.05) is 13.0 Å². The van der Waals surface area contributed by atoms with E-state index in [-0.39, 0.29) is 23.2 Å². The van der Waals surface area contributed by atoms with E-state index >= 15 is 0 Å². The smallest absolute Gasteiger partial charge is 0.271 e. The molecule has 178 valence electrons. The van der Waals surface area contributed by atoms with Crippen molar-refractivity contribution >= 4 is 27.3 Å². The van der Waals surface area contributed by atoms with E-state index in [2.05, 4.69) is 17.4 Å². The van der Waals surface area contributed by atoms with Crippen LogP contribution in [0.1, 0.15) is 48.9 Å². The summed E-state index contributed by atoms with van der Waals surface area (Å²) in [5.74, 6) is -0.404. The summed E-state index contributed by atoms with van der Waals surface area (Å²) in [5, 5.41) is 14.1. The number of nitrogens with one attached hydrogen (secondary N) is 1. The van der Waals surface area contributed by atoms with Gasteiger partial charge in [-0.2, -0.15) is 0 Å². The molecule has 1 unspecified atom stereocenters. The van der Waals surface area contributed by atoms with Crippen LogP contribution in [0.2, 0.25) is 0 Å². The molecule has 1 amide bonds. The molecule has 0 fully saturated rings. The highest BCUT2D eigenvalue weighted by Crippen LogP contribution is 2.34. The fourth-order valence-electron chi connectivity index (χ4n) is 4.13. The van der Waals surface area contributed by atoms with E-state index in [1.54, 1.807) is 0 Å². The molecule has 0 aliphatic heterocycles. The number of anilines is 1. The molecule has 9 nitrogen and oxygen atoms in total. The minimum atomic E-state index is -3.94. The summed E-state index contributed by atoms with van der Waals surface area (Å²) >= 11 is 0. The molecule has 0 bridgehead atoms. The lowest BCUT2D eigenvalue weighted by molar-refractivity contribution is -0.384. The van der Waals surface area contributed by atoms with Crippen LogP contribution in [0.4, 0.5) is 11.4 Å². The number of nitro groups is 1. The Morgan fingerprint density at radius 2 is 1.88 bits per heavy atom. The van der Waals surface area contributed by atoms with Gasteiger partial charge in [-0.25, -0.2) is 8.42 Å². The molecule has 3 rings (SSSR count). The first-order valence-corrected chi connectivity index (χ1v) is 12.7. The molecule has 0 radical (unpaired) electrons. The number of aryl methyl sites for hydroxylation is 2. The van der Waals surface area contributed by atoms with Gasteiger partial charge in [0.05, 0.1) is 24.3 Å². The van der Waals surface area contributed by atoms with Gasteiger partial charge in [-0.1, -0.05) is 25.1 Å². The molecule has 2 aromatic rings. The zero-order chi connectivity index (χ0) is 24.2. The predicted octanol–water partition coefficient (Wildman–Crippen LogP) is 3.52. The van der Waals surface area contributed by atoms with Crippen LogP contribution in [0.3, 0.4) is 0 Å². The lowest BCUT2D eigenvalue weighted by atomic mass is 9.89. The van der Waals surface area contributed by atoms with Crippen LogP contribution in [0.5, 0.6) is 5.75 Å². The number of methoxy groups -OCH3 is 1. The Hall–Kier alpha value is -3.14. The number of carbonyl (C=O) groups is 1. The summed E-state index contributed by atoms with van der Waals surface area (Å²) in [6.45, 7) is 1.42. The lowest BCUT2D eigenvalue weighted by Crippen LogP contribution is -2.41. The molecule has 2 aromatic carbocycles. The third-order valence-electron chi connectivity index (χ3n) is 5.85. The molecular weight excluding hydrogens is 446 g/mol. The van der Waals surface area contributed by atoms with Crippen molar-refractivity contribution < 1.29 is 22.9 Å². The Balaban J connectivity index is 1.85. The van der Waals surface area contributed by atoms with Crippen LogP contribution < -0.4 is 14.4 Å². The van der Waals surface area contributed by atoms with E-state index in [9.17, 15) is 23.3 Å². The second-order valence-electron chi connectivity index (χ2n) is 8.15. The molecule has 1 atom stereocenters. The van der Waals surface area contributed by atoms with Crippen molar-refractivity contribution in [3.05, 3.63) is 63.2 Å². The average Bonchev–Trinajstić information content (AvgIpc) is 2.79. The van der Waals surface area contributed by atoms with Crippen LogP contribution in [0.15, 0.2) is 36.4 Å². The second kappa shape index (κ2) is 10.2. The molecule has 0 spiro atoms. The molecule has 0 saturated carbocycles. The molecular formula is C23H29N3O6S. The van der Waals surface area contributed by atoms with Crippen molar-refractivity contribution in [3.8, 4) is 5.75 Å². The van der Waals surface area contributed by atoms with Gasteiger partial charge < -0.3 is 10.1 Å². The maximum atomic E-state index is 12.9. The largest absolute Gasteiger partial charge is 0.495 e. The summed E-state index contributed by atoms with van der Waals surface area (Å²) in [7, 11) is -2.61. The number of rotatable bonds is 9. The van der Waals surface area contributed by atoms with Gasteiger partial charge in [0.15, 0.2) is 0 Å². The van der Waals surface area contributed by atoms with Gasteiger partial charge in [0.25, 0.3) is 5.69 Å². The summed E-state index contributed by atoms with van der Waals surface area (Å²) in [6, 6.07) is 9.58. The van der Waals surface area contributed by atoms with E-state index in [4.69, 9.17) is 4.74 Å². The molecule has 0 heterocycles. The van der Waals surface area contributed by atoms with Crippen LogP contribution in [-0.2, 0) is 27.7 Å². The lowest BCUT2D eigenvalue weighted by Gasteiger charge is -2.26. The number of ether oxygens (including phenoxy) is 1. The van der Waals surface area contributed by atoms with Crippen LogP contribution in [0, 0.1) is 10.1 Å². The third-order valence-corrected chi connectivity index (χ3v) is 6.97. The van der Waals surface area contributed by atoms with Crippen molar-refractivity contribution in [1.82, 2.24) is 5.32 Å². The van der Waals surface area contributed by atoms with E-state index in [0.29, 0.717) is 6.42 Å². The summed E-state index contributed by atoms with van der Waals surface area (Å²) < 4.78 is 31.1. The van der Waals surface area contributed by atoms with Gasteiger partial charge in [0.1, 0.15) is 18.0 Å². The quantitative estimate of drug-likeness (QED) is 0.438. The number of hydrogen-bond acceptors (Lipinski definition) is 6. The van der Waals surface area contributed by atoms with E-state index in [1.165, 1.54) is 36.8 Å². The first-order valence-electron chi connectivity index (χ1n) is 10.8. The number of hydrogen-bond donors (Lipinski definition) is 1. The number of non-ortho nitro benzene ring substituents is 1. The topological polar surface area (TPSA) is 119 Å². The number of fused-ring (bicyclic) bond motifs is 1. The maximum Gasteiger partial charge on any atom is 0.271 e. The highest BCUT2D eigenvalue weighted by Gasteiger charge is 2.27. The van der Waals surface area contributed by atoms with Crippen LogP contribution >= 0.6 is 0 Å². The van der Waals surface area contributed by atoms with Gasteiger partial charge in [-0.3, -0.25) is 19.2 Å². The first-order chi connectivity index (χ1) is 15.6. The Kier molecular flexibility index (Phi) is 7.57. The molecule has 10 heteroatoms. The van der Waals surface area contributed by atoms with Crippen molar-refractivity contribution in [2.24, 2.45) is 0 Å². The van der Waals surface area contributed by atoms with Crippen LogP contribution in [0.25, 0.3) is 0 Å². The summed E-state index contributed by atoms with van der Waals surface area (Å²) in [4.78, 5) is 23.5. The summed E-state index contributed by atoms with van der Waals surface area (Å²) in [6.07, 6.45) is 5.98. The first kappa shape index (κ1) is 24.5. The fourth-order valence-corrected chi connectivity index (χ4v) is 4.98. The van der Waals surface area contributed by atoms with E-state index in [0.717, 1.165) is 41.5 Å². The average molecular weight is 476 g/mol. The van der Waals surface area contributed by atoms with Crippen molar-refractivity contribution in [2.45, 2.75) is 45.1 Å². The molecule has 0 saturated heterocycles. The molecule has 1 aliphatic rings. The van der Waals surface area contributed by atoms with Crippen LogP contribution in [-0.4, -0.2) is 39.2 Å². The molecule has 1 aliphatic carbocycles. The minimum Gasteiger partial charge on any atom is -0.495 e. The van der Waals surface area contributed by atoms with Gasteiger partial charge in [-0.15, -0.1) is 0 Å². The third kappa shape index (κ3) is 5.81. The zero-order valence-corrected chi connectivity index (χ0v) is 19.9. The van der Waals surface area contributed by atoms with Gasteiger partial charge in [0.2, 0.25) is 15.9 Å². The normalized spacial score (nSPS) is 14.2. The van der Waals surface area contributed by atoms with Crippen molar-refractivity contribution in [1.29, 1.82) is 0 Å². The van der Waals surface area contributed by atoms with Gasteiger partial charge >= 0.3 is 0 Å². The van der Waals surface area contributed by atoms with Gasteiger partial charge in [-0.05, 0) is 54.9 Å². The Morgan fingerprint density at radius 3 is 2.48 bits per heavy atom. The summed E-state index contributed by atoms with van der Waals surface area (Å²) in [5.41, 5.74) is 3.25. The zero-order valence-electron chi connectivity index (χ0n) is 19.0. The Labute approximate surface area is 193 Å². The minimum absolute atomic E-state index is 0.0637.